The van der Waals surface area contributed by atoms with Gasteiger partial charge in [0.25, 0.3) is 11.8 Å². The molecule has 2 N–H and O–H groups in total. The summed E-state index contributed by atoms with van der Waals surface area (Å²) in [5.41, 5.74) is 2.51. The van der Waals surface area contributed by atoms with Crippen LogP contribution in [0.4, 0.5) is 4.39 Å². The molecule has 136 valence electrons. The van der Waals surface area contributed by atoms with Crippen LogP contribution in [0.1, 0.15) is 31.8 Å². The minimum Gasteiger partial charge on any atom is -0.348 e. The summed E-state index contributed by atoms with van der Waals surface area (Å²) in [6.07, 6.45) is 3.32. The predicted molar refractivity (Wildman–Crippen MR) is 99.4 cm³/mol. The van der Waals surface area contributed by atoms with Crippen molar-refractivity contribution in [2.45, 2.75) is 13.1 Å². The van der Waals surface area contributed by atoms with E-state index in [0.717, 1.165) is 11.1 Å². The van der Waals surface area contributed by atoms with Crippen LogP contribution in [0.5, 0.6) is 0 Å². The lowest BCUT2D eigenvalue weighted by molar-refractivity contribution is 0.0950. The Bertz CT molecular complexity index is 928. The molecule has 2 amide bonds. The van der Waals surface area contributed by atoms with Crippen LogP contribution in [0.3, 0.4) is 0 Å². The van der Waals surface area contributed by atoms with Crippen LogP contribution in [0.2, 0.25) is 0 Å². The minimum absolute atomic E-state index is 0.264. The first-order valence-corrected chi connectivity index (χ1v) is 8.41. The molecule has 0 bridgehead atoms. The van der Waals surface area contributed by atoms with Gasteiger partial charge >= 0.3 is 0 Å². The molecule has 0 aliphatic carbocycles. The van der Waals surface area contributed by atoms with Crippen molar-refractivity contribution in [3.05, 3.63) is 101 Å². The highest BCUT2D eigenvalue weighted by Crippen LogP contribution is 2.08. The van der Waals surface area contributed by atoms with Gasteiger partial charge in [-0.1, -0.05) is 18.2 Å². The van der Waals surface area contributed by atoms with Crippen molar-refractivity contribution in [3.8, 4) is 0 Å². The number of aromatic nitrogens is 1. The molecular weight excluding hydrogens is 345 g/mol. The maximum atomic E-state index is 12.9. The van der Waals surface area contributed by atoms with E-state index in [0.29, 0.717) is 17.7 Å². The third-order valence-corrected chi connectivity index (χ3v) is 3.96. The predicted octanol–water partition coefficient (Wildman–Crippen LogP) is 3.08. The van der Waals surface area contributed by atoms with E-state index in [1.807, 2.05) is 12.1 Å². The first-order valence-electron chi connectivity index (χ1n) is 8.41. The lowest BCUT2D eigenvalue weighted by atomic mass is 10.1. The normalized spacial score (nSPS) is 10.3. The van der Waals surface area contributed by atoms with E-state index in [-0.39, 0.29) is 24.2 Å². The Morgan fingerprint density at radius 3 is 1.85 bits per heavy atom. The molecule has 0 aliphatic rings. The van der Waals surface area contributed by atoms with E-state index >= 15 is 0 Å². The summed E-state index contributed by atoms with van der Waals surface area (Å²) in [6.45, 7) is 0.653. The van der Waals surface area contributed by atoms with Gasteiger partial charge in [-0.15, -0.1) is 0 Å². The molecule has 3 rings (SSSR count). The summed E-state index contributed by atoms with van der Waals surface area (Å²) in [7, 11) is 0. The minimum atomic E-state index is -0.324. The number of hydrogen-bond donors (Lipinski definition) is 2. The van der Waals surface area contributed by atoms with Gasteiger partial charge in [0.05, 0.1) is 0 Å². The number of amides is 2. The summed E-state index contributed by atoms with van der Waals surface area (Å²) in [5.74, 6) is -0.890. The summed E-state index contributed by atoms with van der Waals surface area (Å²) in [4.78, 5) is 28.6. The fraction of sp³-hybridized carbons (Fsp3) is 0.0952. The molecule has 0 saturated carbocycles. The number of hydrogen-bond acceptors (Lipinski definition) is 3. The molecule has 0 unspecified atom stereocenters. The van der Waals surface area contributed by atoms with Crippen molar-refractivity contribution in [3.63, 3.8) is 0 Å². The van der Waals surface area contributed by atoms with Crippen molar-refractivity contribution >= 4 is 11.8 Å². The number of pyridine rings is 1. The van der Waals surface area contributed by atoms with Crippen LogP contribution in [0, 0.1) is 5.82 Å². The zero-order valence-corrected chi connectivity index (χ0v) is 14.5. The van der Waals surface area contributed by atoms with Crippen LogP contribution < -0.4 is 10.6 Å². The molecule has 3 aromatic rings. The lowest BCUT2D eigenvalue weighted by Gasteiger charge is -2.08. The average Bonchev–Trinajstić information content (AvgIpc) is 2.72. The Morgan fingerprint density at radius 2 is 1.30 bits per heavy atom. The third kappa shape index (κ3) is 5.22. The van der Waals surface area contributed by atoms with Gasteiger partial charge in [-0.2, -0.15) is 0 Å². The highest BCUT2D eigenvalue weighted by atomic mass is 19.1. The summed E-state index contributed by atoms with van der Waals surface area (Å²) < 4.78 is 12.9. The second kappa shape index (κ2) is 8.71. The largest absolute Gasteiger partial charge is 0.348 e. The number of halogens is 1. The molecule has 6 heteroatoms. The van der Waals surface area contributed by atoms with E-state index in [4.69, 9.17) is 0 Å². The summed E-state index contributed by atoms with van der Waals surface area (Å²) in [5, 5.41) is 5.57. The number of carbonyl (C=O) groups excluding carboxylic acids is 2. The summed E-state index contributed by atoms with van der Waals surface area (Å²) >= 11 is 0. The Balaban J connectivity index is 1.59. The van der Waals surface area contributed by atoms with Gasteiger partial charge in [0.2, 0.25) is 0 Å². The second-order valence-corrected chi connectivity index (χ2v) is 5.93. The molecule has 0 radical (unpaired) electrons. The standard InChI is InChI=1S/C21H18FN3O2/c22-19-6-4-15(5-7-19)13-24-20(26)17-2-1-3-18(12-17)21(27)25-14-16-8-10-23-11-9-16/h1-12H,13-14H2,(H,24,26)(H,25,27). The van der Waals surface area contributed by atoms with Crippen LogP contribution in [-0.2, 0) is 13.1 Å². The van der Waals surface area contributed by atoms with Gasteiger partial charge in [0.15, 0.2) is 0 Å². The van der Waals surface area contributed by atoms with Crippen LogP contribution >= 0.6 is 0 Å². The Morgan fingerprint density at radius 1 is 0.778 bits per heavy atom. The van der Waals surface area contributed by atoms with Gasteiger partial charge in [-0.3, -0.25) is 14.6 Å². The highest BCUT2D eigenvalue weighted by Gasteiger charge is 2.10. The molecular formula is C21H18FN3O2. The first kappa shape index (κ1) is 18.3. The molecule has 0 atom stereocenters. The molecule has 0 saturated heterocycles. The highest BCUT2D eigenvalue weighted by molar-refractivity contribution is 5.99. The fourth-order valence-corrected chi connectivity index (χ4v) is 2.47. The molecule has 0 aliphatic heterocycles. The van der Waals surface area contributed by atoms with E-state index in [2.05, 4.69) is 15.6 Å². The van der Waals surface area contributed by atoms with E-state index in [1.54, 1.807) is 48.8 Å². The molecule has 2 aromatic carbocycles. The van der Waals surface area contributed by atoms with E-state index in [1.165, 1.54) is 12.1 Å². The Kier molecular flexibility index (Phi) is 5.89. The molecule has 5 nitrogen and oxygen atoms in total. The van der Waals surface area contributed by atoms with Gasteiger partial charge in [-0.25, -0.2) is 4.39 Å². The van der Waals surface area contributed by atoms with Gasteiger partial charge in [0.1, 0.15) is 5.82 Å². The lowest BCUT2D eigenvalue weighted by Crippen LogP contribution is -2.25. The number of carbonyl (C=O) groups is 2. The maximum Gasteiger partial charge on any atom is 0.251 e. The number of nitrogens with one attached hydrogen (secondary N) is 2. The third-order valence-electron chi connectivity index (χ3n) is 3.96. The van der Waals surface area contributed by atoms with Gasteiger partial charge in [0, 0.05) is 36.6 Å². The Hall–Kier alpha value is -3.54. The number of benzene rings is 2. The van der Waals surface area contributed by atoms with Crippen molar-refractivity contribution < 1.29 is 14.0 Å². The van der Waals surface area contributed by atoms with Crippen molar-refractivity contribution in [2.75, 3.05) is 0 Å². The zero-order valence-electron chi connectivity index (χ0n) is 14.5. The molecule has 27 heavy (non-hydrogen) atoms. The number of rotatable bonds is 6. The van der Waals surface area contributed by atoms with Crippen molar-refractivity contribution in [1.82, 2.24) is 15.6 Å². The van der Waals surface area contributed by atoms with Crippen LogP contribution in [0.25, 0.3) is 0 Å². The van der Waals surface area contributed by atoms with Crippen molar-refractivity contribution in [2.24, 2.45) is 0 Å². The van der Waals surface area contributed by atoms with Crippen LogP contribution in [-0.4, -0.2) is 16.8 Å². The average molecular weight is 363 g/mol. The molecule has 0 fully saturated rings. The quantitative estimate of drug-likeness (QED) is 0.707. The molecule has 1 aromatic heterocycles. The van der Waals surface area contributed by atoms with Gasteiger partial charge in [-0.05, 0) is 53.6 Å². The maximum absolute atomic E-state index is 12.9. The first-order chi connectivity index (χ1) is 13.1. The van der Waals surface area contributed by atoms with Gasteiger partial charge < -0.3 is 10.6 Å². The van der Waals surface area contributed by atoms with E-state index < -0.39 is 0 Å². The topological polar surface area (TPSA) is 71.1 Å². The molecule has 1 heterocycles. The fourth-order valence-electron chi connectivity index (χ4n) is 2.47. The monoisotopic (exact) mass is 363 g/mol. The Labute approximate surface area is 156 Å². The SMILES string of the molecule is O=C(NCc1ccncc1)c1cccc(C(=O)NCc2ccc(F)cc2)c1. The second-order valence-electron chi connectivity index (χ2n) is 5.93. The summed E-state index contributed by atoms with van der Waals surface area (Å²) in [6, 6.07) is 16.0. The smallest absolute Gasteiger partial charge is 0.251 e. The van der Waals surface area contributed by atoms with E-state index in [9.17, 15) is 14.0 Å². The zero-order chi connectivity index (χ0) is 19.1. The molecule has 0 spiro atoms. The van der Waals surface area contributed by atoms with Crippen LogP contribution in [0.15, 0.2) is 73.1 Å². The van der Waals surface area contributed by atoms with Crippen molar-refractivity contribution in [1.29, 1.82) is 0 Å². The number of nitrogens with zero attached hydrogens (tertiary/aromatic N) is 1.